The Balaban J connectivity index is 2.79. The van der Waals surface area contributed by atoms with E-state index in [2.05, 4.69) is 15.4 Å². The van der Waals surface area contributed by atoms with Crippen molar-refractivity contribution in [1.29, 1.82) is 0 Å². The third kappa shape index (κ3) is 2.10. The largest absolute Gasteiger partial charge is 0.481 e. The fraction of sp³-hybridized carbons (Fsp3) is 0.125. The van der Waals surface area contributed by atoms with Crippen LogP contribution in [-0.2, 0) is 21.3 Å². The number of hydrogen-bond acceptors (Lipinski definition) is 5. The normalized spacial score (nSPS) is 11.8. The summed E-state index contributed by atoms with van der Waals surface area (Å²) >= 11 is 0. The number of aromatic amines is 1. The van der Waals surface area contributed by atoms with Crippen LogP contribution in [0.1, 0.15) is 5.56 Å². The van der Waals surface area contributed by atoms with Crippen LogP contribution in [0.5, 0.6) is 0 Å². The summed E-state index contributed by atoms with van der Waals surface area (Å²) in [5, 5.41) is 18.0. The highest BCUT2D eigenvalue weighted by atomic mass is 32.2. The molecule has 3 N–H and O–H groups in total. The molecule has 90 valence electrons. The maximum Gasteiger partial charge on any atom is 0.307 e. The van der Waals surface area contributed by atoms with Crippen LogP contribution in [0, 0.1) is 0 Å². The number of carboxylic acids is 1. The monoisotopic (exact) mass is 257 g/mol. The van der Waals surface area contributed by atoms with Crippen LogP contribution in [0.4, 0.5) is 0 Å². The van der Waals surface area contributed by atoms with E-state index in [1.165, 1.54) is 12.1 Å². The number of aromatic nitrogens is 3. The van der Waals surface area contributed by atoms with Gasteiger partial charge in [0.1, 0.15) is 10.4 Å². The molecule has 0 saturated heterocycles. The molecule has 0 aliphatic heterocycles. The Morgan fingerprint density at radius 1 is 1.41 bits per heavy atom. The molecular formula is C8H7N3O5S. The fourth-order valence-electron chi connectivity index (χ4n) is 1.52. The first kappa shape index (κ1) is 11.5. The van der Waals surface area contributed by atoms with Crippen molar-refractivity contribution in [2.45, 2.75) is 11.3 Å². The summed E-state index contributed by atoms with van der Waals surface area (Å²) in [7, 11) is -4.56. The average molecular weight is 257 g/mol. The molecule has 0 atom stereocenters. The van der Waals surface area contributed by atoms with Gasteiger partial charge in [-0.3, -0.25) is 14.4 Å². The Labute approximate surface area is 95.0 Å². The molecule has 0 bridgehead atoms. The van der Waals surface area contributed by atoms with E-state index in [0.29, 0.717) is 5.52 Å². The van der Waals surface area contributed by atoms with Crippen LogP contribution in [0.15, 0.2) is 17.0 Å². The van der Waals surface area contributed by atoms with Crippen molar-refractivity contribution in [3.8, 4) is 0 Å². The third-order valence-electron chi connectivity index (χ3n) is 2.13. The fourth-order valence-corrected chi connectivity index (χ4v) is 2.39. The molecule has 2 rings (SSSR count). The number of benzene rings is 1. The molecule has 17 heavy (non-hydrogen) atoms. The van der Waals surface area contributed by atoms with E-state index in [1.807, 2.05) is 0 Å². The number of nitrogens with zero attached hydrogens (tertiary/aromatic N) is 2. The van der Waals surface area contributed by atoms with Crippen LogP contribution in [0.2, 0.25) is 0 Å². The number of carbonyl (C=O) groups is 1. The number of aliphatic carboxylic acids is 1. The van der Waals surface area contributed by atoms with E-state index in [-0.39, 0.29) is 11.1 Å². The molecule has 1 heterocycles. The minimum Gasteiger partial charge on any atom is -0.481 e. The number of H-pyrrole nitrogens is 1. The lowest BCUT2D eigenvalue weighted by Gasteiger charge is -2.04. The van der Waals surface area contributed by atoms with E-state index < -0.39 is 27.4 Å². The molecule has 8 nitrogen and oxygen atoms in total. The number of rotatable bonds is 3. The van der Waals surface area contributed by atoms with Gasteiger partial charge in [-0.15, -0.1) is 5.10 Å². The second-order valence-corrected chi connectivity index (χ2v) is 4.67. The molecule has 0 aliphatic rings. The van der Waals surface area contributed by atoms with Gasteiger partial charge >= 0.3 is 5.97 Å². The van der Waals surface area contributed by atoms with E-state index >= 15 is 0 Å². The number of fused-ring (bicyclic) bond motifs is 1. The zero-order chi connectivity index (χ0) is 12.6. The maximum atomic E-state index is 11.2. The predicted molar refractivity (Wildman–Crippen MR) is 55.0 cm³/mol. The highest BCUT2D eigenvalue weighted by Crippen LogP contribution is 2.24. The van der Waals surface area contributed by atoms with Gasteiger partial charge in [0.05, 0.1) is 11.9 Å². The molecule has 1 aromatic carbocycles. The van der Waals surface area contributed by atoms with Gasteiger partial charge in [0.25, 0.3) is 10.1 Å². The standard InChI is InChI=1S/C8H7N3O5S/c12-6(13)3-4-1-2-5-7(10-11-9-5)8(4)17(14,15)16/h1-2H,3H2,(H,12,13)(H,9,10,11)(H,14,15,16). The Morgan fingerprint density at radius 3 is 2.71 bits per heavy atom. The van der Waals surface area contributed by atoms with Gasteiger partial charge in [0, 0.05) is 0 Å². The lowest BCUT2D eigenvalue weighted by Crippen LogP contribution is -2.08. The highest BCUT2D eigenvalue weighted by Gasteiger charge is 2.22. The highest BCUT2D eigenvalue weighted by molar-refractivity contribution is 7.86. The summed E-state index contributed by atoms with van der Waals surface area (Å²) in [6.45, 7) is 0. The minimum absolute atomic E-state index is 0.0404. The zero-order valence-corrected chi connectivity index (χ0v) is 9.10. The summed E-state index contributed by atoms with van der Waals surface area (Å²) < 4.78 is 31.6. The molecule has 1 aromatic heterocycles. The Kier molecular flexibility index (Phi) is 2.56. The van der Waals surface area contributed by atoms with Crippen LogP contribution in [-0.4, -0.2) is 39.5 Å². The smallest absolute Gasteiger partial charge is 0.307 e. The van der Waals surface area contributed by atoms with Crippen molar-refractivity contribution in [2.24, 2.45) is 0 Å². The van der Waals surface area contributed by atoms with Crippen molar-refractivity contribution in [1.82, 2.24) is 15.4 Å². The van der Waals surface area contributed by atoms with E-state index in [0.717, 1.165) is 0 Å². The van der Waals surface area contributed by atoms with Crippen molar-refractivity contribution in [2.75, 3.05) is 0 Å². The number of nitrogens with one attached hydrogen (secondary N) is 1. The molecular weight excluding hydrogens is 250 g/mol. The maximum absolute atomic E-state index is 11.2. The Morgan fingerprint density at radius 2 is 2.12 bits per heavy atom. The van der Waals surface area contributed by atoms with Gasteiger partial charge < -0.3 is 5.11 Å². The van der Waals surface area contributed by atoms with Crippen molar-refractivity contribution in [3.05, 3.63) is 17.7 Å². The first-order chi connectivity index (χ1) is 7.89. The zero-order valence-electron chi connectivity index (χ0n) is 8.28. The third-order valence-corrected chi connectivity index (χ3v) is 3.10. The lowest BCUT2D eigenvalue weighted by molar-refractivity contribution is -0.136. The van der Waals surface area contributed by atoms with E-state index in [4.69, 9.17) is 9.66 Å². The predicted octanol–water partition coefficient (Wildman–Crippen LogP) is -0.168. The van der Waals surface area contributed by atoms with Crippen LogP contribution in [0.25, 0.3) is 11.0 Å². The van der Waals surface area contributed by atoms with Gasteiger partial charge in [-0.1, -0.05) is 11.3 Å². The molecule has 0 radical (unpaired) electrons. The summed E-state index contributed by atoms with van der Waals surface area (Å²) in [4.78, 5) is 10.1. The molecule has 0 amide bonds. The molecule has 0 fully saturated rings. The second-order valence-electron chi connectivity index (χ2n) is 3.31. The summed E-state index contributed by atoms with van der Waals surface area (Å²) in [5.74, 6) is -1.21. The topological polar surface area (TPSA) is 133 Å². The molecule has 0 aliphatic carbocycles. The van der Waals surface area contributed by atoms with Crippen LogP contribution >= 0.6 is 0 Å². The van der Waals surface area contributed by atoms with Crippen molar-refractivity contribution < 1.29 is 22.9 Å². The first-order valence-corrected chi connectivity index (χ1v) is 5.85. The van der Waals surface area contributed by atoms with Crippen LogP contribution < -0.4 is 0 Å². The van der Waals surface area contributed by atoms with Gasteiger partial charge in [0.2, 0.25) is 0 Å². The molecule has 2 aromatic rings. The van der Waals surface area contributed by atoms with Gasteiger partial charge in [-0.05, 0) is 11.6 Å². The second kappa shape index (κ2) is 3.79. The van der Waals surface area contributed by atoms with E-state index in [9.17, 15) is 13.2 Å². The SMILES string of the molecule is O=C(O)Cc1ccc2[nH]nnc2c1S(=O)(=O)O. The van der Waals surface area contributed by atoms with Crippen LogP contribution in [0.3, 0.4) is 0 Å². The lowest BCUT2D eigenvalue weighted by atomic mass is 10.1. The summed E-state index contributed by atoms with van der Waals surface area (Å²) in [5.41, 5.74) is 0.180. The summed E-state index contributed by atoms with van der Waals surface area (Å²) in [6.07, 6.45) is -0.530. The molecule has 0 saturated carbocycles. The molecule has 9 heteroatoms. The summed E-state index contributed by atoms with van der Waals surface area (Å²) in [6, 6.07) is 2.74. The Hall–Kier alpha value is -2.00. The van der Waals surface area contributed by atoms with Gasteiger partial charge in [-0.25, -0.2) is 0 Å². The molecule has 0 unspecified atom stereocenters. The molecule has 0 spiro atoms. The number of carboxylic acid groups (broad SMARTS) is 1. The van der Waals surface area contributed by atoms with Crippen molar-refractivity contribution >= 4 is 27.1 Å². The van der Waals surface area contributed by atoms with Crippen molar-refractivity contribution in [3.63, 3.8) is 0 Å². The number of hydrogen-bond donors (Lipinski definition) is 3. The van der Waals surface area contributed by atoms with E-state index in [1.54, 1.807) is 0 Å². The van der Waals surface area contributed by atoms with Gasteiger partial charge in [-0.2, -0.15) is 8.42 Å². The minimum atomic E-state index is -4.56. The Bertz CT molecular complexity index is 690. The quantitative estimate of drug-likeness (QED) is 0.650. The van der Waals surface area contributed by atoms with Gasteiger partial charge in [0.15, 0.2) is 0 Å². The first-order valence-electron chi connectivity index (χ1n) is 4.41. The average Bonchev–Trinajstić information content (AvgIpc) is 2.61.